The third kappa shape index (κ3) is 3.86. The van der Waals surface area contributed by atoms with E-state index >= 15 is 0 Å². The van der Waals surface area contributed by atoms with Gasteiger partial charge in [-0.25, -0.2) is 4.79 Å². The summed E-state index contributed by atoms with van der Waals surface area (Å²) in [6, 6.07) is 9.63. The maximum atomic E-state index is 12.0. The average Bonchev–Trinajstić information content (AvgIpc) is 2.49. The second-order valence-electron chi connectivity index (χ2n) is 4.57. The standard InChI is InChI=1S/C15H18N2O3S/c1-3-9-20-10-17-14(11(2)13(18)16-15(17)19)21-12-7-5-4-6-8-12/h4-8H,3,9-10H2,1-2H3,(H,16,18,19). The van der Waals surface area contributed by atoms with Gasteiger partial charge < -0.3 is 4.74 Å². The molecular weight excluding hydrogens is 288 g/mol. The molecule has 0 spiro atoms. The molecule has 2 aromatic rings. The molecule has 112 valence electrons. The van der Waals surface area contributed by atoms with Gasteiger partial charge in [0.2, 0.25) is 0 Å². The zero-order valence-electron chi connectivity index (χ0n) is 12.1. The molecule has 1 aromatic carbocycles. The Hall–Kier alpha value is -1.79. The zero-order valence-corrected chi connectivity index (χ0v) is 12.9. The zero-order chi connectivity index (χ0) is 15.2. The van der Waals surface area contributed by atoms with Gasteiger partial charge in [-0.2, -0.15) is 0 Å². The van der Waals surface area contributed by atoms with Crippen molar-refractivity contribution < 1.29 is 4.74 Å². The molecule has 1 heterocycles. The van der Waals surface area contributed by atoms with Crippen LogP contribution in [0.25, 0.3) is 0 Å². The van der Waals surface area contributed by atoms with Gasteiger partial charge >= 0.3 is 5.69 Å². The van der Waals surface area contributed by atoms with Crippen molar-refractivity contribution in [1.29, 1.82) is 0 Å². The maximum absolute atomic E-state index is 12.0. The lowest BCUT2D eigenvalue weighted by Gasteiger charge is -2.14. The van der Waals surface area contributed by atoms with Crippen LogP contribution in [0.15, 0.2) is 49.8 Å². The molecule has 2 rings (SSSR count). The van der Waals surface area contributed by atoms with Crippen LogP contribution in [0, 0.1) is 6.92 Å². The van der Waals surface area contributed by atoms with Gasteiger partial charge in [-0.05, 0) is 25.5 Å². The van der Waals surface area contributed by atoms with Gasteiger partial charge in [-0.1, -0.05) is 36.9 Å². The van der Waals surface area contributed by atoms with Crippen molar-refractivity contribution in [2.24, 2.45) is 0 Å². The molecule has 1 aromatic heterocycles. The number of nitrogens with zero attached hydrogens (tertiary/aromatic N) is 1. The molecule has 0 radical (unpaired) electrons. The Bertz CT molecular complexity index is 707. The molecule has 0 unspecified atom stereocenters. The molecule has 5 nitrogen and oxygen atoms in total. The minimum absolute atomic E-state index is 0.138. The lowest BCUT2D eigenvalue weighted by Crippen LogP contribution is -2.33. The fraction of sp³-hybridized carbons (Fsp3) is 0.333. The molecular formula is C15H18N2O3S. The highest BCUT2D eigenvalue weighted by Gasteiger charge is 2.13. The SMILES string of the molecule is CCCOCn1c(Sc2ccccc2)c(C)c(=O)[nH]c1=O. The Morgan fingerprint density at radius 2 is 1.95 bits per heavy atom. The van der Waals surface area contributed by atoms with E-state index < -0.39 is 5.69 Å². The van der Waals surface area contributed by atoms with Gasteiger partial charge in [0.25, 0.3) is 5.56 Å². The number of nitrogens with one attached hydrogen (secondary N) is 1. The molecule has 0 saturated heterocycles. The number of H-pyrrole nitrogens is 1. The minimum Gasteiger partial charge on any atom is -0.361 e. The van der Waals surface area contributed by atoms with Crippen LogP contribution in [0.5, 0.6) is 0 Å². The Kier molecular flexibility index (Phi) is 5.41. The lowest BCUT2D eigenvalue weighted by atomic mass is 10.4. The van der Waals surface area contributed by atoms with E-state index in [1.54, 1.807) is 6.92 Å². The minimum atomic E-state index is -0.444. The number of hydrogen-bond acceptors (Lipinski definition) is 4. The largest absolute Gasteiger partial charge is 0.361 e. The first-order valence-electron chi connectivity index (χ1n) is 6.78. The van der Waals surface area contributed by atoms with Crippen LogP contribution in [0.1, 0.15) is 18.9 Å². The molecule has 0 atom stereocenters. The Balaban J connectivity index is 2.41. The molecule has 0 saturated carbocycles. The molecule has 0 bridgehead atoms. The van der Waals surface area contributed by atoms with Crippen molar-refractivity contribution in [3.05, 3.63) is 56.7 Å². The van der Waals surface area contributed by atoms with Crippen molar-refractivity contribution in [1.82, 2.24) is 9.55 Å². The maximum Gasteiger partial charge on any atom is 0.331 e. The average molecular weight is 306 g/mol. The van der Waals surface area contributed by atoms with E-state index in [0.29, 0.717) is 17.2 Å². The number of aromatic nitrogens is 2. The summed E-state index contributed by atoms with van der Waals surface area (Å²) < 4.78 is 6.91. The van der Waals surface area contributed by atoms with Gasteiger partial charge in [0.1, 0.15) is 6.73 Å². The van der Waals surface area contributed by atoms with Crippen molar-refractivity contribution in [3.8, 4) is 0 Å². The third-order valence-corrected chi connectivity index (χ3v) is 4.13. The quantitative estimate of drug-likeness (QED) is 0.657. The van der Waals surface area contributed by atoms with E-state index in [9.17, 15) is 9.59 Å². The molecule has 21 heavy (non-hydrogen) atoms. The molecule has 0 aliphatic rings. The summed E-state index contributed by atoms with van der Waals surface area (Å²) in [4.78, 5) is 27.1. The first-order chi connectivity index (χ1) is 10.1. The summed E-state index contributed by atoms with van der Waals surface area (Å²) in [6.07, 6.45) is 0.873. The number of hydrogen-bond donors (Lipinski definition) is 1. The van der Waals surface area contributed by atoms with Crippen LogP contribution < -0.4 is 11.2 Å². The van der Waals surface area contributed by atoms with Crippen molar-refractivity contribution in [3.63, 3.8) is 0 Å². The second-order valence-corrected chi connectivity index (χ2v) is 5.63. The van der Waals surface area contributed by atoms with E-state index in [-0.39, 0.29) is 12.3 Å². The summed E-state index contributed by atoms with van der Waals surface area (Å²) in [6.45, 7) is 4.42. The normalized spacial score (nSPS) is 10.8. The summed E-state index contributed by atoms with van der Waals surface area (Å²) in [5.74, 6) is 0. The van der Waals surface area contributed by atoms with E-state index in [2.05, 4.69) is 4.98 Å². The predicted octanol–water partition coefficient (Wildman–Crippen LogP) is 2.38. The highest BCUT2D eigenvalue weighted by atomic mass is 32.2. The lowest BCUT2D eigenvalue weighted by molar-refractivity contribution is 0.0683. The summed E-state index contributed by atoms with van der Waals surface area (Å²) in [5.41, 5.74) is -0.283. The van der Waals surface area contributed by atoms with E-state index in [1.165, 1.54) is 16.3 Å². The number of rotatable bonds is 6. The molecule has 0 amide bonds. The van der Waals surface area contributed by atoms with Gasteiger partial charge in [0.15, 0.2) is 0 Å². The van der Waals surface area contributed by atoms with Crippen LogP contribution in [-0.4, -0.2) is 16.2 Å². The van der Waals surface area contributed by atoms with E-state index in [1.807, 2.05) is 37.3 Å². The molecule has 0 aliphatic heterocycles. The number of ether oxygens (including phenoxy) is 1. The van der Waals surface area contributed by atoms with Gasteiger partial charge in [0.05, 0.1) is 5.03 Å². The van der Waals surface area contributed by atoms with Crippen molar-refractivity contribution >= 4 is 11.8 Å². The Morgan fingerprint density at radius 1 is 1.24 bits per heavy atom. The highest BCUT2D eigenvalue weighted by molar-refractivity contribution is 7.99. The number of benzene rings is 1. The van der Waals surface area contributed by atoms with Crippen LogP contribution in [0.4, 0.5) is 0 Å². The predicted molar refractivity (Wildman–Crippen MR) is 82.9 cm³/mol. The monoisotopic (exact) mass is 306 g/mol. The van der Waals surface area contributed by atoms with Crippen LogP contribution in [0.3, 0.4) is 0 Å². The topological polar surface area (TPSA) is 64.1 Å². The molecule has 6 heteroatoms. The van der Waals surface area contributed by atoms with E-state index in [0.717, 1.165) is 11.3 Å². The fourth-order valence-corrected chi connectivity index (χ4v) is 2.81. The third-order valence-electron chi connectivity index (χ3n) is 2.90. The molecule has 1 N–H and O–H groups in total. The van der Waals surface area contributed by atoms with Crippen molar-refractivity contribution in [2.45, 2.75) is 36.9 Å². The summed E-state index contributed by atoms with van der Waals surface area (Å²) >= 11 is 1.39. The molecule has 0 fully saturated rings. The van der Waals surface area contributed by atoms with Gasteiger partial charge in [0, 0.05) is 17.1 Å². The molecule has 0 aliphatic carbocycles. The van der Waals surface area contributed by atoms with Gasteiger partial charge in [-0.15, -0.1) is 0 Å². The Labute approximate surface area is 127 Å². The Morgan fingerprint density at radius 3 is 2.62 bits per heavy atom. The van der Waals surface area contributed by atoms with Crippen LogP contribution in [-0.2, 0) is 11.5 Å². The second kappa shape index (κ2) is 7.28. The first kappa shape index (κ1) is 15.6. The van der Waals surface area contributed by atoms with Crippen LogP contribution >= 0.6 is 11.8 Å². The van der Waals surface area contributed by atoms with Crippen molar-refractivity contribution in [2.75, 3.05) is 6.61 Å². The smallest absolute Gasteiger partial charge is 0.331 e. The van der Waals surface area contributed by atoms with E-state index in [4.69, 9.17) is 4.74 Å². The van der Waals surface area contributed by atoms with Crippen LogP contribution in [0.2, 0.25) is 0 Å². The number of aromatic amines is 1. The summed E-state index contributed by atoms with van der Waals surface area (Å²) in [7, 11) is 0. The fourth-order valence-electron chi connectivity index (χ4n) is 1.80. The van der Waals surface area contributed by atoms with Gasteiger partial charge in [-0.3, -0.25) is 14.3 Å². The summed E-state index contributed by atoms with van der Waals surface area (Å²) in [5, 5.41) is 0.617. The highest BCUT2D eigenvalue weighted by Crippen LogP contribution is 2.27. The first-order valence-corrected chi connectivity index (χ1v) is 7.59.